The zero-order valence-electron chi connectivity index (χ0n) is 8.60. The van der Waals surface area contributed by atoms with E-state index in [-0.39, 0.29) is 6.42 Å². The van der Waals surface area contributed by atoms with Gasteiger partial charge in [0.25, 0.3) is 0 Å². The molecule has 0 fully saturated rings. The Morgan fingerprint density at radius 3 is 2.94 bits per heavy atom. The van der Waals surface area contributed by atoms with E-state index in [1.54, 1.807) is 12.3 Å². The number of hydrogen-bond donors (Lipinski definition) is 4. The number of rotatable bonds is 3. The van der Waals surface area contributed by atoms with Crippen molar-refractivity contribution >= 4 is 22.6 Å². The minimum atomic E-state index is -1.01. The number of nitrogens with one attached hydrogen (secondary N) is 1. The summed E-state index contributed by atoms with van der Waals surface area (Å²) in [6.45, 7) is 0. The topological polar surface area (TPSA) is 105 Å². The molecule has 0 saturated carbocycles. The van der Waals surface area contributed by atoms with Crippen molar-refractivity contribution in [2.24, 2.45) is 5.73 Å². The number of anilines is 1. The summed E-state index contributed by atoms with van der Waals surface area (Å²) in [6, 6.07) is 4.61. The van der Waals surface area contributed by atoms with Crippen molar-refractivity contribution in [3.8, 4) is 0 Å². The van der Waals surface area contributed by atoms with Gasteiger partial charge in [0, 0.05) is 29.2 Å². The molecule has 0 bridgehead atoms. The fourth-order valence-electron chi connectivity index (χ4n) is 1.77. The molecule has 0 aliphatic carbocycles. The van der Waals surface area contributed by atoms with Gasteiger partial charge in [0.05, 0.1) is 0 Å². The van der Waals surface area contributed by atoms with E-state index in [9.17, 15) is 4.79 Å². The summed E-state index contributed by atoms with van der Waals surface area (Å²) in [7, 11) is 0. The molecule has 1 heterocycles. The summed E-state index contributed by atoms with van der Waals surface area (Å²) in [6.07, 6.45) is 2.02. The molecular formula is C11H13N3O2. The molecule has 0 aliphatic heterocycles. The number of nitrogen functional groups attached to an aromatic ring is 1. The van der Waals surface area contributed by atoms with Crippen molar-refractivity contribution in [1.82, 2.24) is 4.98 Å². The second-order valence-corrected chi connectivity index (χ2v) is 3.73. The van der Waals surface area contributed by atoms with Gasteiger partial charge in [0.1, 0.15) is 6.04 Å². The molecule has 5 nitrogen and oxygen atoms in total. The van der Waals surface area contributed by atoms with Crippen molar-refractivity contribution < 1.29 is 9.90 Å². The fraction of sp³-hybridized carbons (Fsp3) is 0.182. The summed E-state index contributed by atoms with van der Waals surface area (Å²) >= 11 is 0. The van der Waals surface area contributed by atoms with Gasteiger partial charge < -0.3 is 21.6 Å². The van der Waals surface area contributed by atoms with E-state index < -0.39 is 12.0 Å². The first-order chi connectivity index (χ1) is 7.59. The molecular weight excluding hydrogens is 206 g/mol. The van der Waals surface area contributed by atoms with Gasteiger partial charge in [-0.3, -0.25) is 4.79 Å². The molecule has 1 aromatic heterocycles. The summed E-state index contributed by atoms with van der Waals surface area (Å²) in [5.41, 5.74) is 13.7. The Hall–Kier alpha value is -2.01. The Morgan fingerprint density at radius 2 is 2.25 bits per heavy atom. The number of hydrogen-bond acceptors (Lipinski definition) is 3. The number of aromatic nitrogens is 1. The highest BCUT2D eigenvalue weighted by Gasteiger charge is 2.15. The lowest BCUT2D eigenvalue weighted by Gasteiger charge is -2.05. The number of nitrogens with two attached hydrogens (primary N) is 2. The van der Waals surface area contributed by atoms with Crippen LogP contribution in [0.2, 0.25) is 0 Å². The number of carbonyl (C=O) groups is 1. The van der Waals surface area contributed by atoms with Crippen LogP contribution in [0.4, 0.5) is 5.69 Å². The molecule has 0 aliphatic rings. The molecule has 1 aromatic carbocycles. The van der Waals surface area contributed by atoms with Crippen LogP contribution < -0.4 is 11.5 Å². The maximum atomic E-state index is 10.7. The Balaban J connectivity index is 2.42. The van der Waals surface area contributed by atoms with Gasteiger partial charge in [-0.15, -0.1) is 0 Å². The van der Waals surface area contributed by atoms with Crippen LogP contribution >= 0.6 is 0 Å². The monoisotopic (exact) mass is 219 g/mol. The van der Waals surface area contributed by atoms with E-state index in [4.69, 9.17) is 16.6 Å². The van der Waals surface area contributed by atoms with Crippen LogP contribution in [0.5, 0.6) is 0 Å². The molecule has 0 radical (unpaired) electrons. The maximum Gasteiger partial charge on any atom is 0.320 e. The molecule has 0 amide bonds. The summed E-state index contributed by atoms with van der Waals surface area (Å²) < 4.78 is 0. The molecule has 0 spiro atoms. The first-order valence-corrected chi connectivity index (χ1v) is 4.92. The number of benzene rings is 1. The average Bonchev–Trinajstić information content (AvgIpc) is 2.63. The fourth-order valence-corrected chi connectivity index (χ4v) is 1.77. The lowest BCUT2D eigenvalue weighted by Crippen LogP contribution is -2.32. The molecule has 2 aromatic rings. The van der Waals surface area contributed by atoms with Crippen LogP contribution in [-0.2, 0) is 11.2 Å². The molecule has 16 heavy (non-hydrogen) atoms. The van der Waals surface area contributed by atoms with Gasteiger partial charge in [-0.1, -0.05) is 6.07 Å². The Bertz CT molecular complexity index is 533. The van der Waals surface area contributed by atoms with Crippen molar-refractivity contribution in [1.29, 1.82) is 0 Å². The summed E-state index contributed by atoms with van der Waals surface area (Å²) in [5, 5.41) is 9.62. The third-order valence-electron chi connectivity index (χ3n) is 2.58. The van der Waals surface area contributed by atoms with Crippen LogP contribution in [-0.4, -0.2) is 22.1 Å². The normalized spacial score (nSPS) is 12.8. The minimum absolute atomic E-state index is 0.267. The Morgan fingerprint density at radius 1 is 1.50 bits per heavy atom. The van der Waals surface area contributed by atoms with Crippen LogP contribution in [0.15, 0.2) is 24.4 Å². The number of H-pyrrole nitrogens is 1. The SMILES string of the molecule is Nc1cccc2[nH]cc(C[C@H](N)C(=O)O)c12. The second kappa shape index (κ2) is 3.86. The van der Waals surface area contributed by atoms with Crippen LogP contribution in [0.25, 0.3) is 10.9 Å². The highest BCUT2D eigenvalue weighted by Crippen LogP contribution is 2.25. The summed E-state index contributed by atoms with van der Waals surface area (Å²) in [5.74, 6) is -1.01. The first-order valence-electron chi connectivity index (χ1n) is 4.92. The van der Waals surface area contributed by atoms with E-state index >= 15 is 0 Å². The van der Waals surface area contributed by atoms with Gasteiger partial charge in [-0.05, 0) is 17.7 Å². The third-order valence-corrected chi connectivity index (χ3v) is 2.58. The Labute approximate surface area is 92.1 Å². The third kappa shape index (κ3) is 1.72. The number of carboxylic acids is 1. The van der Waals surface area contributed by atoms with Crippen LogP contribution in [0.3, 0.4) is 0 Å². The van der Waals surface area contributed by atoms with E-state index in [0.29, 0.717) is 5.69 Å². The van der Waals surface area contributed by atoms with Gasteiger partial charge in [-0.25, -0.2) is 0 Å². The smallest absolute Gasteiger partial charge is 0.320 e. The highest BCUT2D eigenvalue weighted by atomic mass is 16.4. The molecule has 0 unspecified atom stereocenters. The van der Waals surface area contributed by atoms with Gasteiger partial charge in [0.15, 0.2) is 0 Å². The molecule has 6 N–H and O–H groups in total. The number of aromatic amines is 1. The zero-order chi connectivity index (χ0) is 11.7. The maximum absolute atomic E-state index is 10.7. The largest absolute Gasteiger partial charge is 0.480 e. The molecule has 84 valence electrons. The highest BCUT2D eigenvalue weighted by molar-refractivity contribution is 5.94. The van der Waals surface area contributed by atoms with Gasteiger partial charge in [-0.2, -0.15) is 0 Å². The van der Waals surface area contributed by atoms with Crippen molar-refractivity contribution in [2.75, 3.05) is 5.73 Å². The van der Waals surface area contributed by atoms with E-state index in [0.717, 1.165) is 16.5 Å². The van der Waals surface area contributed by atoms with Crippen LogP contribution in [0, 0.1) is 0 Å². The van der Waals surface area contributed by atoms with Crippen molar-refractivity contribution in [3.63, 3.8) is 0 Å². The van der Waals surface area contributed by atoms with Crippen LogP contribution in [0.1, 0.15) is 5.56 Å². The molecule has 2 rings (SSSR count). The van der Waals surface area contributed by atoms with E-state index in [1.165, 1.54) is 0 Å². The van der Waals surface area contributed by atoms with Gasteiger partial charge in [0.2, 0.25) is 0 Å². The molecule has 1 atom stereocenters. The average molecular weight is 219 g/mol. The summed E-state index contributed by atoms with van der Waals surface area (Å²) in [4.78, 5) is 13.7. The Kier molecular flexibility index (Phi) is 2.54. The lowest BCUT2D eigenvalue weighted by molar-refractivity contribution is -0.138. The lowest BCUT2D eigenvalue weighted by atomic mass is 10.0. The minimum Gasteiger partial charge on any atom is -0.480 e. The predicted molar refractivity (Wildman–Crippen MR) is 62.0 cm³/mol. The predicted octanol–water partition coefficient (Wildman–Crippen LogP) is 0.704. The van der Waals surface area contributed by atoms with E-state index in [2.05, 4.69) is 4.98 Å². The van der Waals surface area contributed by atoms with Crippen molar-refractivity contribution in [2.45, 2.75) is 12.5 Å². The molecule has 0 saturated heterocycles. The molecule has 5 heteroatoms. The quantitative estimate of drug-likeness (QED) is 0.570. The first kappa shape index (κ1) is 10.5. The zero-order valence-corrected chi connectivity index (χ0v) is 8.60. The number of fused-ring (bicyclic) bond motifs is 1. The van der Waals surface area contributed by atoms with Gasteiger partial charge >= 0.3 is 5.97 Å². The van der Waals surface area contributed by atoms with E-state index in [1.807, 2.05) is 12.1 Å². The standard InChI is InChI=1S/C11H13N3O2/c12-7-2-1-3-9-10(7)6(5-14-9)4-8(13)11(15)16/h1-3,5,8,14H,4,12-13H2,(H,15,16)/t8-/m0/s1. The van der Waals surface area contributed by atoms with Crippen molar-refractivity contribution in [3.05, 3.63) is 30.0 Å². The number of carboxylic acid groups (broad SMARTS) is 1. The number of aliphatic carboxylic acids is 1. The second-order valence-electron chi connectivity index (χ2n) is 3.73.